The van der Waals surface area contributed by atoms with E-state index in [1.807, 2.05) is 6.07 Å². The Kier molecular flexibility index (Phi) is 7.63. The lowest BCUT2D eigenvalue weighted by atomic mass is 9.97. The van der Waals surface area contributed by atoms with Gasteiger partial charge in [0.05, 0.1) is 6.42 Å². The van der Waals surface area contributed by atoms with E-state index >= 15 is 0 Å². The van der Waals surface area contributed by atoms with Crippen molar-refractivity contribution in [3.63, 3.8) is 0 Å². The summed E-state index contributed by atoms with van der Waals surface area (Å²) in [5, 5.41) is 11.8. The first kappa shape index (κ1) is 21.8. The standard InChI is InChI=1S/C19H16F4N2.C2H2/c1-12(18(11-24)25-2)15-7-16(9-17(20)8-15)14-5-3-13(4-6-14)10-19(21,22)23;1-2/h3-9,25H,10H2,1-2H3;1-2H/b18-12+;. The molecular weight excluding hydrogens is 356 g/mol. The van der Waals surface area contributed by atoms with Crippen molar-refractivity contribution in [3.8, 4) is 30.0 Å². The highest BCUT2D eigenvalue weighted by Crippen LogP contribution is 2.28. The molecule has 0 amide bonds. The van der Waals surface area contributed by atoms with E-state index in [2.05, 4.69) is 18.2 Å². The Hall–Kier alpha value is -3.25. The van der Waals surface area contributed by atoms with Gasteiger partial charge >= 0.3 is 6.18 Å². The number of benzene rings is 2. The first-order chi connectivity index (χ1) is 12.7. The smallest absolute Gasteiger partial charge is 0.379 e. The second-order valence-corrected chi connectivity index (χ2v) is 5.58. The van der Waals surface area contributed by atoms with Crippen LogP contribution in [0.4, 0.5) is 17.6 Å². The summed E-state index contributed by atoms with van der Waals surface area (Å²) in [4.78, 5) is 0. The molecule has 0 aromatic heterocycles. The summed E-state index contributed by atoms with van der Waals surface area (Å²) in [7, 11) is 1.60. The van der Waals surface area contributed by atoms with E-state index in [1.165, 1.54) is 36.4 Å². The van der Waals surface area contributed by atoms with Gasteiger partial charge in [-0.15, -0.1) is 12.8 Å². The van der Waals surface area contributed by atoms with E-state index in [0.717, 1.165) is 0 Å². The Morgan fingerprint density at radius 1 is 1.07 bits per heavy atom. The van der Waals surface area contributed by atoms with Crippen LogP contribution in [0.1, 0.15) is 18.1 Å². The predicted octanol–water partition coefficient (Wildman–Crippen LogP) is 5.32. The Morgan fingerprint density at radius 3 is 2.15 bits per heavy atom. The zero-order chi connectivity index (χ0) is 20.6. The molecule has 0 unspecified atom stereocenters. The maximum Gasteiger partial charge on any atom is 0.393 e. The lowest BCUT2D eigenvalue weighted by Gasteiger charge is -2.10. The van der Waals surface area contributed by atoms with Crippen molar-refractivity contribution in [2.75, 3.05) is 7.05 Å². The van der Waals surface area contributed by atoms with E-state index in [0.29, 0.717) is 28.0 Å². The van der Waals surface area contributed by atoms with Gasteiger partial charge in [0.1, 0.15) is 17.6 Å². The predicted molar refractivity (Wildman–Crippen MR) is 98.8 cm³/mol. The third-order valence-electron chi connectivity index (χ3n) is 3.76. The number of rotatable bonds is 4. The van der Waals surface area contributed by atoms with E-state index in [-0.39, 0.29) is 5.56 Å². The van der Waals surface area contributed by atoms with Gasteiger partial charge in [0, 0.05) is 7.05 Å². The molecule has 0 aliphatic heterocycles. The summed E-state index contributed by atoms with van der Waals surface area (Å²) in [6.07, 6.45) is 2.73. The fourth-order valence-electron chi connectivity index (χ4n) is 2.49. The topological polar surface area (TPSA) is 35.8 Å². The number of nitrogens with one attached hydrogen (secondary N) is 1. The third kappa shape index (κ3) is 6.20. The molecule has 2 nitrogen and oxygen atoms in total. The van der Waals surface area contributed by atoms with Crippen LogP contribution in [0.15, 0.2) is 48.2 Å². The first-order valence-corrected chi connectivity index (χ1v) is 7.82. The molecular formula is C21H18F4N2. The SMILES string of the molecule is C#C.CN/C(C#N)=C(\C)c1cc(F)cc(-c2ccc(CC(F)(F)F)cc2)c1. The highest BCUT2D eigenvalue weighted by Gasteiger charge is 2.27. The van der Waals surface area contributed by atoms with Crippen LogP contribution in [0.2, 0.25) is 0 Å². The number of hydrogen-bond acceptors (Lipinski definition) is 2. The summed E-state index contributed by atoms with van der Waals surface area (Å²) in [6, 6.07) is 12.1. The molecule has 0 saturated heterocycles. The number of halogens is 4. The molecule has 0 aliphatic rings. The van der Waals surface area contributed by atoms with Crippen LogP contribution in [0.25, 0.3) is 16.7 Å². The molecule has 140 valence electrons. The second kappa shape index (κ2) is 9.45. The van der Waals surface area contributed by atoms with Crippen molar-refractivity contribution in [2.24, 2.45) is 0 Å². The molecule has 0 aliphatic carbocycles. The van der Waals surface area contributed by atoms with Crippen LogP contribution in [-0.4, -0.2) is 13.2 Å². The maximum absolute atomic E-state index is 14.0. The molecule has 0 saturated carbocycles. The first-order valence-electron chi connectivity index (χ1n) is 7.82. The Labute approximate surface area is 156 Å². The molecule has 1 N–H and O–H groups in total. The van der Waals surface area contributed by atoms with Crippen molar-refractivity contribution in [1.82, 2.24) is 5.32 Å². The average Bonchev–Trinajstić information content (AvgIpc) is 2.63. The Morgan fingerprint density at radius 2 is 1.67 bits per heavy atom. The van der Waals surface area contributed by atoms with Gasteiger partial charge in [-0.3, -0.25) is 0 Å². The molecule has 6 heteroatoms. The van der Waals surface area contributed by atoms with Gasteiger partial charge in [-0.1, -0.05) is 24.3 Å². The fourth-order valence-corrected chi connectivity index (χ4v) is 2.49. The van der Waals surface area contributed by atoms with Crippen LogP contribution in [0.3, 0.4) is 0 Å². The summed E-state index contributed by atoms with van der Waals surface area (Å²) >= 11 is 0. The minimum Gasteiger partial charge on any atom is -0.379 e. The van der Waals surface area contributed by atoms with E-state index in [1.54, 1.807) is 20.0 Å². The molecule has 27 heavy (non-hydrogen) atoms. The van der Waals surface area contributed by atoms with Gasteiger partial charge in [-0.25, -0.2) is 4.39 Å². The summed E-state index contributed by atoms with van der Waals surface area (Å²) in [5.41, 5.74) is 2.70. The zero-order valence-electron chi connectivity index (χ0n) is 14.9. The molecule has 2 rings (SSSR count). The van der Waals surface area contributed by atoms with Crippen LogP contribution in [0, 0.1) is 30.0 Å². The number of nitrogens with zero attached hydrogens (tertiary/aromatic N) is 1. The molecule has 0 atom stereocenters. The Bertz CT molecular complexity index is 870. The zero-order valence-corrected chi connectivity index (χ0v) is 14.9. The van der Waals surface area contributed by atoms with Crippen LogP contribution >= 0.6 is 0 Å². The number of terminal acetylenes is 1. The van der Waals surface area contributed by atoms with E-state index < -0.39 is 18.4 Å². The molecule has 0 bridgehead atoms. The minimum absolute atomic E-state index is 0.144. The molecule has 0 radical (unpaired) electrons. The van der Waals surface area contributed by atoms with Crippen molar-refractivity contribution in [3.05, 3.63) is 65.1 Å². The van der Waals surface area contributed by atoms with Crippen LogP contribution in [-0.2, 0) is 6.42 Å². The highest BCUT2D eigenvalue weighted by molar-refractivity contribution is 5.75. The fraction of sp³-hybridized carbons (Fsp3) is 0.190. The number of allylic oxidation sites excluding steroid dienone is 2. The highest BCUT2D eigenvalue weighted by atomic mass is 19.4. The largest absolute Gasteiger partial charge is 0.393 e. The molecule has 2 aromatic rings. The number of hydrogen-bond donors (Lipinski definition) is 1. The quantitative estimate of drug-likeness (QED) is 0.447. The van der Waals surface area contributed by atoms with Crippen molar-refractivity contribution >= 4 is 5.57 Å². The molecule has 0 fully saturated rings. The monoisotopic (exact) mass is 374 g/mol. The van der Waals surface area contributed by atoms with Crippen LogP contribution in [0.5, 0.6) is 0 Å². The normalized spacial score (nSPS) is 11.5. The van der Waals surface area contributed by atoms with E-state index in [4.69, 9.17) is 5.26 Å². The number of nitriles is 1. The summed E-state index contributed by atoms with van der Waals surface area (Å²) in [5.74, 6) is -0.486. The molecule has 2 aromatic carbocycles. The summed E-state index contributed by atoms with van der Waals surface area (Å²) in [6.45, 7) is 1.69. The van der Waals surface area contributed by atoms with Gasteiger partial charge in [-0.05, 0) is 52.9 Å². The van der Waals surface area contributed by atoms with Gasteiger partial charge < -0.3 is 5.32 Å². The number of alkyl halides is 3. The average molecular weight is 374 g/mol. The maximum atomic E-state index is 14.0. The van der Waals surface area contributed by atoms with Crippen LogP contribution < -0.4 is 5.32 Å². The summed E-state index contributed by atoms with van der Waals surface area (Å²) < 4.78 is 51.2. The molecule has 0 heterocycles. The van der Waals surface area contributed by atoms with Gasteiger partial charge in [0.25, 0.3) is 0 Å². The lowest BCUT2D eigenvalue weighted by molar-refractivity contribution is -0.127. The van der Waals surface area contributed by atoms with Gasteiger partial charge in [-0.2, -0.15) is 18.4 Å². The third-order valence-corrected chi connectivity index (χ3v) is 3.76. The second-order valence-electron chi connectivity index (χ2n) is 5.58. The Balaban J connectivity index is 0.00000176. The van der Waals surface area contributed by atoms with Crippen molar-refractivity contribution in [1.29, 1.82) is 5.26 Å². The molecule has 0 spiro atoms. The van der Waals surface area contributed by atoms with Gasteiger partial charge in [0.2, 0.25) is 0 Å². The van der Waals surface area contributed by atoms with Crippen molar-refractivity contribution in [2.45, 2.75) is 19.5 Å². The lowest BCUT2D eigenvalue weighted by Crippen LogP contribution is -2.11. The van der Waals surface area contributed by atoms with Crippen molar-refractivity contribution < 1.29 is 17.6 Å². The minimum atomic E-state index is -4.27. The van der Waals surface area contributed by atoms with E-state index in [9.17, 15) is 17.6 Å². The van der Waals surface area contributed by atoms with Gasteiger partial charge in [0.15, 0.2) is 0 Å².